The molecule has 0 radical (unpaired) electrons. The van der Waals surface area contributed by atoms with Crippen molar-refractivity contribution in [2.45, 2.75) is 12.8 Å². The second-order valence-electron chi connectivity index (χ2n) is 4.41. The third kappa shape index (κ3) is 1.72. The van der Waals surface area contributed by atoms with Gasteiger partial charge in [-0.05, 0) is 28.7 Å². The van der Waals surface area contributed by atoms with Crippen LogP contribution in [0.5, 0.6) is 0 Å². The molecule has 2 heteroatoms. The molecule has 0 fully saturated rings. The van der Waals surface area contributed by atoms with Crippen LogP contribution in [0.1, 0.15) is 17.5 Å². The Balaban J connectivity index is 2.04. The molecule has 0 aromatic heterocycles. The number of hydrogen-bond donors (Lipinski definition) is 1. The number of carbonyl (C=O) groups is 1. The normalized spacial score (nSPS) is 17.3. The van der Waals surface area contributed by atoms with Crippen molar-refractivity contribution in [3.05, 3.63) is 64.3 Å². The number of carboxylic acids is 1. The minimum atomic E-state index is -0.819. The summed E-state index contributed by atoms with van der Waals surface area (Å²) in [6.07, 6.45) is 7.22. The smallest absolute Gasteiger partial charge is 0.331 e. The summed E-state index contributed by atoms with van der Waals surface area (Å²) in [7, 11) is 0. The van der Waals surface area contributed by atoms with Crippen LogP contribution in [0.4, 0.5) is 0 Å². The minimum absolute atomic E-state index is 0.472. The first-order valence-electron chi connectivity index (χ1n) is 5.66. The Hall–Kier alpha value is -2.09. The van der Waals surface area contributed by atoms with Crippen LogP contribution in [0.3, 0.4) is 0 Å². The van der Waals surface area contributed by atoms with Gasteiger partial charge in [-0.25, -0.2) is 4.79 Å². The minimum Gasteiger partial charge on any atom is -0.478 e. The SMILES string of the molecule is O=C(O)C1=CC=C2Cc3ccccc3C=C2C1. The Morgan fingerprint density at radius 1 is 1.06 bits per heavy atom. The summed E-state index contributed by atoms with van der Waals surface area (Å²) in [6.45, 7) is 0. The van der Waals surface area contributed by atoms with E-state index in [1.54, 1.807) is 6.08 Å². The van der Waals surface area contributed by atoms with E-state index in [1.807, 2.05) is 18.2 Å². The molecule has 1 N–H and O–H groups in total. The van der Waals surface area contributed by atoms with E-state index in [9.17, 15) is 4.79 Å². The second kappa shape index (κ2) is 3.74. The Morgan fingerprint density at radius 3 is 2.71 bits per heavy atom. The third-order valence-electron chi connectivity index (χ3n) is 3.32. The van der Waals surface area contributed by atoms with Crippen molar-refractivity contribution in [3.63, 3.8) is 0 Å². The molecule has 2 aliphatic carbocycles. The first kappa shape index (κ1) is 10.1. The number of allylic oxidation sites excluding steroid dienone is 4. The van der Waals surface area contributed by atoms with Crippen LogP contribution in [-0.4, -0.2) is 11.1 Å². The third-order valence-corrected chi connectivity index (χ3v) is 3.32. The second-order valence-corrected chi connectivity index (χ2v) is 4.41. The number of benzene rings is 1. The predicted octanol–water partition coefficient (Wildman–Crippen LogP) is 2.97. The fourth-order valence-corrected chi connectivity index (χ4v) is 2.38. The maximum Gasteiger partial charge on any atom is 0.331 e. The van der Waals surface area contributed by atoms with Gasteiger partial charge in [-0.15, -0.1) is 0 Å². The van der Waals surface area contributed by atoms with Crippen LogP contribution >= 0.6 is 0 Å². The van der Waals surface area contributed by atoms with Crippen molar-refractivity contribution < 1.29 is 9.90 Å². The Labute approximate surface area is 99.6 Å². The lowest BCUT2D eigenvalue weighted by Crippen LogP contribution is -2.10. The molecule has 2 nitrogen and oxygen atoms in total. The summed E-state index contributed by atoms with van der Waals surface area (Å²) >= 11 is 0. The number of hydrogen-bond acceptors (Lipinski definition) is 1. The fourth-order valence-electron chi connectivity index (χ4n) is 2.38. The molecular formula is C15H12O2. The summed E-state index contributed by atoms with van der Waals surface area (Å²) in [5.74, 6) is -0.819. The number of rotatable bonds is 1. The molecule has 0 saturated carbocycles. The highest BCUT2D eigenvalue weighted by Gasteiger charge is 2.20. The van der Waals surface area contributed by atoms with Crippen LogP contribution in [0.15, 0.2) is 53.1 Å². The molecule has 0 atom stereocenters. The predicted molar refractivity (Wildman–Crippen MR) is 66.5 cm³/mol. The maximum atomic E-state index is 10.9. The summed E-state index contributed by atoms with van der Waals surface area (Å²) in [5.41, 5.74) is 5.39. The Kier molecular flexibility index (Phi) is 2.22. The van der Waals surface area contributed by atoms with Gasteiger partial charge in [-0.2, -0.15) is 0 Å². The molecule has 0 bridgehead atoms. The van der Waals surface area contributed by atoms with E-state index in [2.05, 4.69) is 18.2 Å². The van der Waals surface area contributed by atoms with Gasteiger partial charge in [-0.3, -0.25) is 0 Å². The van der Waals surface area contributed by atoms with Crippen LogP contribution in [0.2, 0.25) is 0 Å². The average molecular weight is 224 g/mol. The van der Waals surface area contributed by atoms with Gasteiger partial charge in [0.2, 0.25) is 0 Å². The molecule has 0 unspecified atom stereocenters. The van der Waals surface area contributed by atoms with Gasteiger partial charge in [-0.1, -0.05) is 42.5 Å². The average Bonchev–Trinajstić information content (AvgIpc) is 2.35. The van der Waals surface area contributed by atoms with Crippen molar-refractivity contribution in [3.8, 4) is 0 Å². The number of carboxylic acid groups (broad SMARTS) is 1. The molecule has 0 saturated heterocycles. The molecule has 1 aromatic carbocycles. The van der Waals surface area contributed by atoms with E-state index in [-0.39, 0.29) is 0 Å². The van der Waals surface area contributed by atoms with Gasteiger partial charge in [0, 0.05) is 12.0 Å². The molecule has 3 rings (SSSR count). The van der Waals surface area contributed by atoms with Crippen molar-refractivity contribution in [2.75, 3.05) is 0 Å². The van der Waals surface area contributed by atoms with Crippen molar-refractivity contribution in [2.24, 2.45) is 0 Å². The molecule has 0 aliphatic heterocycles. The van der Waals surface area contributed by atoms with E-state index in [4.69, 9.17) is 5.11 Å². The topological polar surface area (TPSA) is 37.3 Å². The van der Waals surface area contributed by atoms with Gasteiger partial charge in [0.25, 0.3) is 0 Å². The molecular weight excluding hydrogens is 212 g/mol. The fraction of sp³-hybridized carbons (Fsp3) is 0.133. The van der Waals surface area contributed by atoms with E-state index in [0.29, 0.717) is 12.0 Å². The van der Waals surface area contributed by atoms with Crippen molar-refractivity contribution >= 4 is 12.0 Å². The summed E-state index contributed by atoms with van der Waals surface area (Å²) in [6, 6.07) is 8.26. The maximum absolute atomic E-state index is 10.9. The van der Waals surface area contributed by atoms with Gasteiger partial charge < -0.3 is 5.11 Å². The van der Waals surface area contributed by atoms with E-state index < -0.39 is 5.97 Å². The first-order chi connectivity index (χ1) is 8.24. The highest BCUT2D eigenvalue weighted by atomic mass is 16.4. The van der Waals surface area contributed by atoms with Crippen molar-refractivity contribution in [1.29, 1.82) is 0 Å². The van der Waals surface area contributed by atoms with Crippen molar-refractivity contribution in [1.82, 2.24) is 0 Å². The van der Waals surface area contributed by atoms with Gasteiger partial charge in [0.05, 0.1) is 0 Å². The van der Waals surface area contributed by atoms with Crippen LogP contribution in [-0.2, 0) is 11.2 Å². The van der Waals surface area contributed by atoms with Crippen LogP contribution in [0, 0.1) is 0 Å². The molecule has 0 spiro atoms. The highest BCUT2D eigenvalue weighted by Crippen LogP contribution is 2.34. The zero-order chi connectivity index (χ0) is 11.8. The lowest BCUT2D eigenvalue weighted by atomic mass is 9.82. The molecule has 17 heavy (non-hydrogen) atoms. The number of aliphatic carboxylic acids is 1. The summed E-state index contributed by atoms with van der Waals surface area (Å²) in [4.78, 5) is 10.9. The Morgan fingerprint density at radius 2 is 1.88 bits per heavy atom. The summed E-state index contributed by atoms with van der Waals surface area (Å²) < 4.78 is 0. The largest absolute Gasteiger partial charge is 0.478 e. The molecule has 1 aromatic rings. The Bertz CT molecular complexity index is 589. The number of fused-ring (bicyclic) bond motifs is 2. The molecule has 84 valence electrons. The van der Waals surface area contributed by atoms with Gasteiger partial charge >= 0.3 is 5.97 Å². The zero-order valence-corrected chi connectivity index (χ0v) is 9.31. The molecule has 0 heterocycles. The molecule has 2 aliphatic rings. The standard InChI is InChI=1S/C15H12O2/c16-15(17)13-6-5-12-7-10-3-1-2-4-11(10)8-14(12)9-13/h1-6,8H,7,9H2,(H,16,17). The monoisotopic (exact) mass is 224 g/mol. The van der Waals surface area contributed by atoms with Gasteiger partial charge in [0.1, 0.15) is 0 Å². The van der Waals surface area contributed by atoms with Gasteiger partial charge in [0.15, 0.2) is 0 Å². The lowest BCUT2D eigenvalue weighted by molar-refractivity contribution is -0.132. The quantitative estimate of drug-likeness (QED) is 0.796. The first-order valence-corrected chi connectivity index (χ1v) is 5.66. The van der Waals surface area contributed by atoms with Crippen LogP contribution < -0.4 is 0 Å². The highest BCUT2D eigenvalue weighted by molar-refractivity contribution is 5.89. The van der Waals surface area contributed by atoms with E-state index in [0.717, 1.165) is 12.0 Å². The van der Waals surface area contributed by atoms with E-state index >= 15 is 0 Å². The summed E-state index contributed by atoms with van der Waals surface area (Å²) in [5, 5.41) is 9.00. The van der Waals surface area contributed by atoms with E-state index in [1.165, 1.54) is 16.7 Å². The van der Waals surface area contributed by atoms with Crippen LogP contribution in [0.25, 0.3) is 6.08 Å². The molecule has 0 amide bonds. The lowest BCUT2D eigenvalue weighted by Gasteiger charge is -2.22. The zero-order valence-electron chi connectivity index (χ0n) is 9.31.